The Morgan fingerprint density at radius 2 is 1.45 bits per heavy atom. The first kappa shape index (κ1) is 14.9. The van der Waals surface area contributed by atoms with Crippen molar-refractivity contribution < 1.29 is 4.74 Å². The van der Waals surface area contributed by atoms with Crippen LogP contribution in [0.2, 0.25) is 0 Å². The summed E-state index contributed by atoms with van der Waals surface area (Å²) in [7, 11) is 0. The molecule has 20 heavy (non-hydrogen) atoms. The van der Waals surface area contributed by atoms with Gasteiger partial charge in [0.15, 0.2) is 0 Å². The third kappa shape index (κ3) is 3.16. The second-order valence-corrected chi connectivity index (χ2v) is 5.62. The van der Waals surface area contributed by atoms with Gasteiger partial charge < -0.3 is 4.74 Å². The minimum atomic E-state index is 0.541. The molecular formula is C18H21ClO. The van der Waals surface area contributed by atoms with Crippen molar-refractivity contribution in [3.8, 4) is 5.75 Å². The van der Waals surface area contributed by atoms with Crippen molar-refractivity contribution in [3.63, 3.8) is 0 Å². The average Bonchev–Trinajstić information content (AvgIpc) is 2.40. The van der Waals surface area contributed by atoms with Crippen LogP contribution in [0.15, 0.2) is 30.3 Å². The van der Waals surface area contributed by atoms with Gasteiger partial charge in [-0.05, 0) is 61.1 Å². The summed E-state index contributed by atoms with van der Waals surface area (Å²) < 4.78 is 6.07. The summed E-state index contributed by atoms with van der Waals surface area (Å²) in [5.74, 6) is 1.51. The Bertz CT molecular complexity index is 574. The van der Waals surface area contributed by atoms with Crippen LogP contribution < -0.4 is 4.74 Å². The maximum Gasteiger partial charge on any atom is 0.125 e. The Morgan fingerprint density at radius 1 is 0.900 bits per heavy atom. The molecule has 0 saturated heterocycles. The number of ether oxygens (including phenoxy) is 1. The van der Waals surface area contributed by atoms with E-state index in [4.69, 9.17) is 16.3 Å². The van der Waals surface area contributed by atoms with Gasteiger partial charge in [0.2, 0.25) is 0 Å². The fourth-order valence-electron chi connectivity index (χ4n) is 2.57. The highest BCUT2D eigenvalue weighted by Gasteiger charge is 2.08. The third-order valence-corrected chi connectivity index (χ3v) is 3.99. The van der Waals surface area contributed by atoms with Crippen LogP contribution in [0.1, 0.15) is 33.4 Å². The highest BCUT2D eigenvalue weighted by molar-refractivity contribution is 6.17. The van der Waals surface area contributed by atoms with Crippen LogP contribution in [0.4, 0.5) is 0 Å². The molecule has 0 N–H and O–H groups in total. The van der Waals surface area contributed by atoms with Gasteiger partial charge in [-0.3, -0.25) is 0 Å². The lowest BCUT2D eigenvalue weighted by molar-refractivity contribution is 0.300. The van der Waals surface area contributed by atoms with E-state index in [1.54, 1.807) is 0 Å². The molecule has 0 amide bonds. The molecule has 0 aliphatic heterocycles. The number of aryl methyl sites for hydroxylation is 4. The van der Waals surface area contributed by atoms with Crippen LogP contribution in [-0.2, 0) is 12.5 Å². The molecule has 0 radical (unpaired) electrons. The van der Waals surface area contributed by atoms with Crippen LogP contribution in [0, 0.1) is 27.7 Å². The lowest BCUT2D eigenvalue weighted by Gasteiger charge is -2.16. The molecule has 106 valence electrons. The normalized spacial score (nSPS) is 10.7. The van der Waals surface area contributed by atoms with E-state index in [0.717, 1.165) is 22.4 Å². The van der Waals surface area contributed by atoms with Gasteiger partial charge >= 0.3 is 0 Å². The van der Waals surface area contributed by atoms with Gasteiger partial charge in [-0.25, -0.2) is 0 Å². The standard InChI is InChI=1S/C18H21ClO/c1-12-6-5-7-13(2)17(12)11-20-18-14(3)8-16(10-19)9-15(18)4/h5-9H,10-11H2,1-4H3. The fraction of sp³-hybridized carbons (Fsp3) is 0.333. The van der Waals surface area contributed by atoms with E-state index in [-0.39, 0.29) is 0 Å². The van der Waals surface area contributed by atoms with E-state index in [1.165, 1.54) is 16.7 Å². The van der Waals surface area contributed by atoms with Crippen LogP contribution >= 0.6 is 11.6 Å². The van der Waals surface area contributed by atoms with Crippen molar-refractivity contribution in [2.45, 2.75) is 40.2 Å². The summed E-state index contributed by atoms with van der Waals surface area (Å²) >= 11 is 5.90. The van der Waals surface area contributed by atoms with Gasteiger partial charge in [-0.15, -0.1) is 11.6 Å². The molecule has 0 fully saturated rings. The number of halogens is 1. The lowest BCUT2D eigenvalue weighted by Crippen LogP contribution is -2.03. The molecule has 0 atom stereocenters. The zero-order valence-corrected chi connectivity index (χ0v) is 13.3. The van der Waals surface area contributed by atoms with Crippen molar-refractivity contribution >= 4 is 11.6 Å². The minimum Gasteiger partial charge on any atom is -0.488 e. The Balaban J connectivity index is 2.23. The quantitative estimate of drug-likeness (QED) is 0.699. The first-order valence-corrected chi connectivity index (χ1v) is 7.40. The highest BCUT2D eigenvalue weighted by atomic mass is 35.5. The van der Waals surface area contributed by atoms with Crippen LogP contribution in [0.5, 0.6) is 5.75 Å². The maximum absolute atomic E-state index is 6.07. The van der Waals surface area contributed by atoms with E-state index < -0.39 is 0 Å². The van der Waals surface area contributed by atoms with Crippen molar-refractivity contribution in [1.29, 1.82) is 0 Å². The monoisotopic (exact) mass is 288 g/mol. The fourth-order valence-corrected chi connectivity index (χ4v) is 2.72. The number of rotatable bonds is 4. The molecule has 0 saturated carbocycles. The summed E-state index contributed by atoms with van der Waals surface area (Å²) in [6, 6.07) is 10.5. The van der Waals surface area contributed by atoms with E-state index >= 15 is 0 Å². The molecule has 0 heterocycles. The van der Waals surface area contributed by atoms with Crippen molar-refractivity contribution in [2.24, 2.45) is 0 Å². The van der Waals surface area contributed by atoms with E-state index in [9.17, 15) is 0 Å². The smallest absolute Gasteiger partial charge is 0.125 e. The summed E-state index contributed by atoms with van der Waals surface area (Å²) in [6.07, 6.45) is 0. The van der Waals surface area contributed by atoms with Gasteiger partial charge in [0.05, 0.1) is 0 Å². The zero-order chi connectivity index (χ0) is 14.7. The van der Waals surface area contributed by atoms with Gasteiger partial charge in [0.1, 0.15) is 12.4 Å². The van der Waals surface area contributed by atoms with E-state index in [2.05, 4.69) is 58.0 Å². The predicted octanol–water partition coefficient (Wildman–Crippen LogP) is 5.24. The van der Waals surface area contributed by atoms with Gasteiger partial charge in [0.25, 0.3) is 0 Å². The molecule has 0 aliphatic rings. The topological polar surface area (TPSA) is 9.23 Å². The number of hydrogen-bond donors (Lipinski definition) is 0. The van der Waals surface area contributed by atoms with Gasteiger partial charge in [-0.1, -0.05) is 30.3 Å². The summed E-state index contributed by atoms with van der Waals surface area (Å²) in [4.78, 5) is 0. The number of alkyl halides is 1. The second-order valence-electron chi connectivity index (χ2n) is 5.35. The van der Waals surface area contributed by atoms with Crippen LogP contribution in [0.25, 0.3) is 0 Å². The van der Waals surface area contributed by atoms with Crippen LogP contribution in [0.3, 0.4) is 0 Å². The predicted molar refractivity (Wildman–Crippen MR) is 85.7 cm³/mol. The largest absolute Gasteiger partial charge is 0.488 e. The molecule has 0 aromatic heterocycles. The Kier molecular flexibility index (Phi) is 4.72. The van der Waals surface area contributed by atoms with Gasteiger partial charge in [-0.2, -0.15) is 0 Å². The second kappa shape index (κ2) is 6.32. The van der Waals surface area contributed by atoms with Crippen molar-refractivity contribution in [2.75, 3.05) is 0 Å². The molecular weight excluding hydrogens is 268 g/mol. The summed E-state index contributed by atoms with van der Waals surface area (Å²) in [5.41, 5.74) is 7.25. The number of benzene rings is 2. The zero-order valence-electron chi connectivity index (χ0n) is 12.6. The van der Waals surface area contributed by atoms with Crippen molar-refractivity contribution in [1.82, 2.24) is 0 Å². The molecule has 1 nitrogen and oxygen atoms in total. The molecule has 0 bridgehead atoms. The Labute approximate surface area is 126 Å². The molecule has 0 unspecified atom stereocenters. The van der Waals surface area contributed by atoms with E-state index in [0.29, 0.717) is 12.5 Å². The maximum atomic E-state index is 6.07. The molecule has 2 aromatic rings. The summed E-state index contributed by atoms with van der Waals surface area (Å²) in [6.45, 7) is 9.01. The molecule has 2 aromatic carbocycles. The number of hydrogen-bond acceptors (Lipinski definition) is 1. The molecule has 0 spiro atoms. The SMILES string of the molecule is Cc1cccc(C)c1COc1c(C)cc(CCl)cc1C. The Hall–Kier alpha value is -1.47. The minimum absolute atomic E-state index is 0.541. The van der Waals surface area contributed by atoms with Gasteiger partial charge in [0, 0.05) is 5.88 Å². The highest BCUT2D eigenvalue weighted by Crippen LogP contribution is 2.27. The molecule has 2 heteroatoms. The first-order chi connectivity index (χ1) is 9.52. The third-order valence-electron chi connectivity index (χ3n) is 3.68. The summed E-state index contributed by atoms with van der Waals surface area (Å²) in [5, 5.41) is 0. The van der Waals surface area contributed by atoms with E-state index in [1.807, 2.05) is 0 Å². The molecule has 2 rings (SSSR count). The van der Waals surface area contributed by atoms with Crippen LogP contribution in [-0.4, -0.2) is 0 Å². The lowest BCUT2D eigenvalue weighted by atomic mass is 10.0. The Morgan fingerprint density at radius 3 is 1.95 bits per heavy atom. The first-order valence-electron chi connectivity index (χ1n) is 6.87. The van der Waals surface area contributed by atoms with Crippen molar-refractivity contribution in [3.05, 3.63) is 63.7 Å². The molecule has 0 aliphatic carbocycles. The average molecular weight is 289 g/mol.